The molecule has 3 aromatic rings. The van der Waals surface area contributed by atoms with Gasteiger partial charge in [-0.3, -0.25) is 0 Å². The van der Waals surface area contributed by atoms with Crippen LogP contribution in [0, 0.1) is 0 Å². The lowest BCUT2D eigenvalue weighted by atomic mass is 10.3. The van der Waals surface area contributed by atoms with Gasteiger partial charge in [-0.25, -0.2) is 4.98 Å². The summed E-state index contributed by atoms with van der Waals surface area (Å²) < 4.78 is 1.23. The van der Waals surface area contributed by atoms with Crippen molar-refractivity contribution in [2.24, 2.45) is 0 Å². The maximum Gasteiger partial charge on any atom is 0.111 e. The van der Waals surface area contributed by atoms with Crippen molar-refractivity contribution < 1.29 is 0 Å². The summed E-state index contributed by atoms with van der Waals surface area (Å²) in [5.41, 5.74) is 2.01. The second-order valence-corrected chi connectivity index (χ2v) is 5.40. The molecule has 19 heavy (non-hydrogen) atoms. The highest BCUT2D eigenvalue weighted by Crippen LogP contribution is 2.25. The lowest BCUT2D eigenvalue weighted by Gasteiger charge is -2.09. The van der Waals surface area contributed by atoms with E-state index in [1.807, 2.05) is 30.3 Å². The Balaban J connectivity index is 1.71. The number of aromatic nitrogens is 3. The van der Waals surface area contributed by atoms with Crippen molar-refractivity contribution in [1.82, 2.24) is 20.5 Å². The number of rotatable bonds is 4. The minimum absolute atomic E-state index is 0.208. The molecule has 2 aromatic heterocycles. The summed E-state index contributed by atoms with van der Waals surface area (Å²) >= 11 is 1.73. The van der Waals surface area contributed by atoms with E-state index in [1.54, 1.807) is 17.5 Å². The van der Waals surface area contributed by atoms with Crippen LogP contribution in [0.1, 0.15) is 23.7 Å². The third-order valence-electron chi connectivity index (χ3n) is 2.90. The first-order chi connectivity index (χ1) is 9.33. The zero-order chi connectivity index (χ0) is 13.1. The zero-order valence-electron chi connectivity index (χ0n) is 10.6. The fourth-order valence-corrected chi connectivity index (χ4v) is 2.84. The topological polar surface area (TPSA) is 50.7 Å². The maximum atomic E-state index is 4.64. The van der Waals surface area contributed by atoms with Crippen molar-refractivity contribution in [3.63, 3.8) is 0 Å². The second kappa shape index (κ2) is 5.42. The molecule has 0 saturated heterocycles. The van der Waals surface area contributed by atoms with E-state index in [-0.39, 0.29) is 6.04 Å². The van der Waals surface area contributed by atoms with Gasteiger partial charge < -0.3 is 5.32 Å². The number of hydrogen-bond donors (Lipinski definition) is 1. The molecular weight excluding hydrogens is 256 g/mol. The lowest BCUT2D eigenvalue weighted by molar-refractivity contribution is 0.562. The number of fused-ring (bicyclic) bond motifs is 1. The first-order valence-corrected chi connectivity index (χ1v) is 7.00. The Hall–Kier alpha value is -1.85. The van der Waals surface area contributed by atoms with Gasteiger partial charge in [0.1, 0.15) is 5.01 Å². The van der Waals surface area contributed by atoms with Gasteiger partial charge in [-0.15, -0.1) is 11.3 Å². The third kappa shape index (κ3) is 2.77. The molecule has 1 aromatic carbocycles. The Bertz CT molecular complexity index is 632. The second-order valence-electron chi connectivity index (χ2n) is 4.34. The Morgan fingerprint density at radius 1 is 1.21 bits per heavy atom. The van der Waals surface area contributed by atoms with Gasteiger partial charge in [0.25, 0.3) is 0 Å². The van der Waals surface area contributed by atoms with Crippen LogP contribution in [0.25, 0.3) is 10.2 Å². The van der Waals surface area contributed by atoms with Crippen LogP contribution in [0.4, 0.5) is 0 Å². The van der Waals surface area contributed by atoms with Gasteiger partial charge in [-0.1, -0.05) is 12.1 Å². The average molecular weight is 270 g/mol. The van der Waals surface area contributed by atoms with E-state index in [1.165, 1.54) is 4.70 Å². The number of benzene rings is 1. The van der Waals surface area contributed by atoms with Gasteiger partial charge in [0.15, 0.2) is 0 Å². The molecule has 1 N–H and O–H groups in total. The number of nitrogens with zero attached hydrogens (tertiary/aromatic N) is 3. The van der Waals surface area contributed by atoms with Crippen LogP contribution >= 0.6 is 11.3 Å². The summed E-state index contributed by atoms with van der Waals surface area (Å²) in [5.74, 6) is 0. The summed E-state index contributed by atoms with van der Waals surface area (Å²) in [6.45, 7) is 2.82. The van der Waals surface area contributed by atoms with Gasteiger partial charge in [0, 0.05) is 12.7 Å². The first kappa shape index (κ1) is 12.2. The molecule has 5 heteroatoms. The molecule has 0 aliphatic heterocycles. The number of thiazole rings is 1. The molecule has 0 aliphatic rings. The summed E-state index contributed by atoms with van der Waals surface area (Å²) in [5, 5.41) is 12.4. The highest BCUT2D eigenvalue weighted by atomic mass is 32.1. The van der Waals surface area contributed by atoms with Gasteiger partial charge in [-0.05, 0) is 31.2 Å². The SMILES string of the molecule is CC(NCc1cccnn1)c1nc2ccccc2s1. The van der Waals surface area contributed by atoms with Gasteiger partial charge in [-0.2, -0.15) is 10.2 Å². The number of hydrogen-bond acceptors (Lipinski definition) is 5. The maximum absolute atomic E-state index is 4.64. The smallest absolute Gasteiger partial charge is 0.111 e. The summed E-state index contributed by atoms with van der Waals surface area (Å²) in [4.78, 5) is 4.64. The van der Waals surface area contributed by atoms with Crippen LogP contribution in [0.5, 0.6) is 0 Å². The van der Waals surface area contributed by atoms with Crippen molar-refractivity contribution >= 4 is 21.6 Å². The highest BCUT2D eigenvalue weighted by Gasteiger charge is 2.10. The molecule has 3 rings (SSSR count). The highest BCUT2D eigenvalue weighted by molar-refractivity contribution is 7.18. The van der Waals surface area contributed by atoms with E-state index >= 15 is 0 Å². The monoisotopic (exact) mass is 270 g/mol. The Morgan fingerprint density at radius 2 is 2.11 bits per heavy atom. The van der Waals surface area contributed by atoms with Crippen molar-refractivity contribution in [2.45, 2.75) is 19.5 Å². The number of nitrogens with one attached hydrogen (secondary N) is 1. The predicted molar refractivity (Wildman–Crippen MR) is 76.9 cm³/mol. The van der Waals surface area contributed by atoms with E-state index in [0.717, 1.165) is 16.2 Å². The van der Waals surface area contributed by atoms with E-state index in [9.17, 15) is 0 Å². The molecule has 1 unspecified atom stereocenters. The molecule has 1 atom stereocenters. The van der Waals surface area contributed by atoms with E-state index in [4.69, 9.17) is 0 Å². The van der Waals surface area contributed by atoms with Crippen molar-refractivity contribution in [1.29, 1.82) is 0 Å². The van der Waals surface area contributed by atoms with Crippen LogP contribution in [0.15, 0.2) is 42.6 Å². The van der Waals surface area contributed by atoms with E-state index in [0.29, 0.717) is 6.54 Å². The normalized spacial score (nSPS) is 12.7. The Kier molecular flexibility index (Phi) is 3.48. The van der Waals surface area contributed by atoms with E-state index in [2.05, 4.69) is 33.5 Å². The van der Waals surface area contributed by atoms with Gasteiger partial charge in [0.2, 0.25) is 0 Å². The Morgan fingerprint density at radius 3 is 2.89 bits per heavy atom. The quantitative estimate of drug-likeness (QED) is 0.792. The fraction of sp³-hybridized carbons (Fsp3) is 0.214. The summed E-state index contributed by atoms with van der Waals surface area (Å²) in [6, 6.07) is 12.3. The molecule has 0 aliphatic carbocycles. The number of para-hydroxylation sites is 1. The zero-order valence-corrected chi connectivity index (χ0v) is 11.4. The molecule has 0 bridgehead atoms. The van der Waals surface area contributed by atoms with Crippen LogP contribution < -0.4 is 5.32 Å². The summed E-state index contributed by atoms with van der Waals surface area (Å²) in [7, 11) is 0. The molecule has 0 amide bonds. The molecular formula is C14H14N4S. The molecule has 96 valence electrons. The standard InChI is InChI=1S/C14H14N4S/c1-10(15-9-11-5-4-8-16-18-11)14-17-12-6-2-3-7-13(12)19-14/h2-8,10,15H,9H2,1H3. The molecule has 0 spiro atoms. The van der Waals surface area contributed by atoms with Crippen LogP contribution in [-0.2, 0) is 6.54 Å². The minimum Gasteiger partial charge on any atom is -0.302 e. The summed E-state index contributed by atoms with van der Waals surface area (Å²) in [6.07, 6.45) is 1.68. The van der Waals surface area contributed by atoms with Crippen LogP contribution in [0.2, 0.25) is 0 Å². The van der Waals surface area contributed by atoms with Crippen molar-refractivity contribution in [2.75, 3.05) is 0 Å². The Labute approximate surface area is 115 Å². The first-order valence-electron chi connectivity index (χ1n) is 6.18. The van der Waals surface area contributed by atoms with E-state index < -0.39 is 0 Å². The average Bonchev–Trinajstić information content (AvgIpc) is 2.90. The van der Waals surface area contributed by atoms with Crippen molar-refractivity contribution in [3.8, 4) is 0 Å². The fourth-order valence-electron chi connectivity index (χ4n) is 1.85. The molecule has 0 radical (unpaired) electrons. The van der Waals surface area contributed by atoms with Crippen LogP contribution in [0.3, 0.4) is 0 Å². The predicted octanol–water partition coefficient (Wildman–Crippen LogP) is 2.94. The molecule has 0 fully saturated rings. The lowest BCUT2D eigenvalue weighted by Crippen LogP contribution is -2.18. The minimum atomic E-state index is 0.208. The third-order valence-corrected chi connectivity index (χ3v) is 4.12. The molecule has 4 nitrogen and oxygen atoms in total. The molecule has 2 heterocycles. The van der Waals surface area contributed by atoms with Crippen LogP contribution in [-0.4, -0.2) is 15.2 Å². The molecule has 0 saturated carbocycles. The van der Waals surface area contributed by atoms with Gasteiger partial charge in [0.05, 0.1) is 22.0 Å². The van der Waals surface area contributed by atoms with Crippen molar-refractivity contribution in [3.05, 3.63) is 53.3 Å². The van der Waals surface area contributed by atoms with Gasteiger partial charge >= 0.3 is 0 Å². The largest absolute Gasteiger partial charge is 0.302 e.